The molecule has 1 aliphatic heterocycles. The number of amides is 1. The molecule has 0 bridgehead atoms. The minimum Gasteiger partial charge on any atom is -0.362 e. The van der Waals surface area contributed by atoms with Crippen LogP contribution in [-0.2, 0) is 9.59 Å². The minimum atomic E-state index is -0.371. The predicted octanol–water partition coefficient (Wildman–Crippen LogP) is 4.80. The molecule has 0 saturated carbocycles. The van der Waals surface area contributed by atoms with Crippen molar-refractivity contribution in [2.24, 2.45) is 0 Å². The third-order valence-electron chi connectivity index (χ3n) is 5.29. The number of benzene rings is 1. The average Bonchev–Trinajstić information content (AvgIpc) is 3.08. The molecule has 1 atom stereocenters. The summed E-state index contributed by atoms with van der Waals surface area (Å²) in [7, 11) is 0. The molecule has 6 heteroatoms. The first kappa shape index (κ1) is 18.6. The second kappa shape index (κ2) is 7.36. The van der Waals surface area contributed by atoms with E-state index < -0.39 is 0 Å². The Labute approximate surface area is 167 Å². The van der Waals surface area contributed by atoms with E-state index in [1.807, 2.05) is 25.3 Å². The van der Waals surface area contributed by atoms with Crippen molar-refractivity contribution in [3.8, 4) is 0 Å². The Morgan fingerprint density at radius 2 is 1.93 bits per heavy atom. The number of carbonyl (C=O) groups is 2. The molecule has 4 rings (SSSR count). The van der Waals surface area contributed by atoms with Gasteiger partial charge in [0.2, 0.25) is 0 Å². The van der Waals surface area contributed by atoms with Gasteiger partial charge in [-0.05, 0) is 68.0 Å². The minimum absolute atomic E-state index is 0.103. The second-order valence-corrected chi connectivity index (χ2v) is 8.14. The van der Waals surface area contributed by atoms with E-state index in [0.29, 0.717) is 23.3 Å². The first-order valence-electron chi connectivity index (χ1n) is 9.30. The van der Waals surface area contributed by atoms with Gasteiger partial charge in [0.15, 0.2) is 5.78 Å². The zero-order valence-electron chi connectivity index (χ0n) is 15.8. The van der Waals surface area contributed by atoms with Crippen LogP contribution in [0.25, 0.3) is 0 Å². The van der Waals surface area contributed by atoms with E-state index in [1.165, 1.54) is 24.3 Å². The maximum Gasteiger partial charge on any atom is 0.254 e. The van der Waals surface area contributed by atoms with Gasteiger partial charge in [0, 0.05) is 39.5 Å². The number of nitrogens with one attached hydrogen (secondary N) is 2. The highest BCUT2D eigenvalue weighted by Gasteiger charge is 2.39. The van der Waals surface area contributed by atoms with Gasteiger partial charge in [-0.2, -0.15) is 0 Å². The summed E-state index contributed by atoms with van der Waals surface area (Å²) >= 11 is 1.57. The Balaban J connectivity index is 1.77. The molecular weight excluding hydrogens is 375 g/mol. The van der Waals surface area contributed by atoms with Crippen molar-refractivity contribution in [2.45, 2.75) is 39.0 Å². The van der Waals surface area contributed by atoms with Crippen LogP contribution in [0.5, 0.6) is 0 Å². The van der Waals surface area contributed by atoms with Crippen molar-refractivity contribution in [3.63, 3.8) is 0 Å². The fourth-order valence-corrected chi connectivity index (χ4v) is 5.00. The number of allylic oxidation sites excluding steroid dienone is 3. The van der Waals surface area contributed by atoms with Gasteiger partial charge in [0.25, 0.3) is 5.91 Å². The number of ketones is 1. The summed E-state index contributed by atoms with van der Waals surface area (Å²) in [6, 6.07) is 7.69. The van der Waals surface area contributed by atoms with Crippen LogP contribution in [0, 0.1) is 12.7 Å². The van der Waals surface area contributed by atoms with Crippen LogP contribution in [0.15, 0.2) is 58.3 Å². The lowest BCUT2D eigenvalue weighted by molar-refractivity contribution is -0.116. The van der Waals surface area contributed by atoms with Crippen molar-refractivity contribution in [1.29, 1.82) is 0 Å². The number of rotatable bonds is 3. The number of aryl methyl sites for hydroxylation is 1. The molecule has 28 heavy (non-hydrogen) atoms. The molecular formula is C22H21FN2O2S. The lowest BCUT2D eigenvalue weighted by Gasteiger charge is -2.34. The van der Waals surface area contributed by atoms with Crippen LogP contribution in [0.2, 0.25) is 0 Å². The predicted molar refractivity (Wildman–Crippen MR) is 109 cm³/mol. The molecule has 0 spiro atoms. The molecule has 0 saturated heterocycles. The molecule has 1 aromatic carbocycles. The van der Waals surface area contributed by atoms with E-state index in [1.54, 1.807) is 11.3 Å². The normalized spacial score (nSPS) is 19.4. The van der Waals surface area contributed by atoms with Crippen LogP contribution < -0.4 is 10.6 Å². The number of hydrogen-bond donors (Lipinski definition) is 2. The zero-order chi connectivity index (χ0) is 19.8. The summed E-state index contributed by atoms with van der Waals surface area (Å²) in [5.41, 5.74) is 4.54. The second-order valence-electron chi connectivity index (χ2n) is 7.19. The molecule has 2 aromatic rings. The molecule has 1 aliphatic carbocycles. The zero-order valence-corrected chi connectivity index (χ0v) is 16.6. The SMILES string of the molecule is CC1=C(C(=O)Nc2ccc(F)cc2)[C@H](c2sccc2C)C2=C(CCCC2=O)N1. The van der Waals surface area contributed by atoms with Gasteiger partial charge in [-0.15, -0.1) is 11.3 Å². The molecule has 2 heterocycles. The summed E-state index contributed by atoms with van der Waals surface area (Å²) in [6.07, 6.45) is 2.14. The maximum atomic E-state index is 13.2. The van der Waals surface area contributed by atoms with E-state index in [-0.39, 0.29) is 23.4 Å². The highest BCUT2D eigenvalue weighted by atomic mass is 32.1. The lowest BCUT2D eigenvalue weighted by Crippen LogP contribution is -2.35. The highest BCUT2D eigenvalue weighted by Crippen LogP contribution is 2.45. The Hall–Kier alpha value is -2.73. The molecule has 2 N–H and O–H groups in total. The van der Waals surface area contributed by atoms with Gasteiger partial charge in [-0.25, -0.2) is 4.39 Å². The number of thiophene rings is 1. The van der Waals surface area contributed by atoms with Gasteiger partial charge in [0.05, 0.1) is 5.92 Å². The van der Waals surface area contributed by atoms with Gasteiger partial charge in [-0.1, -0.05) is 0 Å². The first-order chi connectivity index (χ1) is 13.5. The highest BCUT2D eigenvalue weighted by molar-refractivity contribution is 7.10. The largest absolute Gasteiger partial charge is 0.362 e. The van der Waals surface area contributed by atoms with Crippen LogP contribution in [0.3, 0.4) is 0 Å². The maximum absolute atomic E-state index is 13.2. The monoisotopic (exact) mass is 396 g/mol. The van der Waals surface area contributed by atoms with E-state index in [4.69, 9.17) is 0 Å². The summed E-state index contributed by atoms with van der Waals surface area (Å²) in [4.78, 5) is 27.1. The number of halogens is 1. The number of carbonyl (C=O) groups excluding carboxylic acids is 2. The van der Waals surface area contributed by atoms with Gasteiger partial charge >= 0.3 is 0 Å². The van der Waals surface area contributed by atoms with Crippen molar-refractivity contribution < 1.29 is 14.0 Å². The van der Waals surface area contributed by atoms with Crippen LogP contribution in [-0.4, -0.2) is 11.7 Å². The van der Waals surface area contributed by atoms with Gasteiger partial charge in [0.1, 0.15) is 5.82 Å². The third kappa shape index (κ3) is 3.29. The van der Waals surface area contributed by atoms with Crippen LogP contribution in [0.4, 0.5) is 10.1 Å². The molecule has 2 aliphatic rings. The fourth-order valence-electron chi connectivity index (χ4n) is 3.96. The topological polar surface area (TPSA) is 58.2 Å². The quantitative estimate of drug-likeness (QED) is 0.783. The third-order valence-corrected chi connectivity index (χ3v) is 6.37. The van der Waals surface area contributed by atoms with Gasteiger partial charge in [-0.3, -0.25) is 9.59 Å². The number of hydrogen-bond acceptors (Lipinski definition) is 4. The van der Waals surface area contributed by atoms with E-state index in [0.717, 1.165) is 34.7 Å². The standard InChI is InChI=1S/C22H21FN2O2S/c1-12-10-11-28-21(12)20-18(22(27)25-15-8-6-14(23)7-9-15)13(2)24-16-4-3-5-17(26)19(16)20/h6-11,20,24H,3-5H2,1-2H3,(H,25,27)/t20-/m0/s1. The van der Waals surface area contributed by atoms with Crippen molar-refractivity contribution in [1.82, 2.24) is 5.32 Å². The summed E-state index contributed by atoms with van der Waals surface area (Å²) in [5.74, 6) is -0.905. The smallest absolute Gasteiger partial charge is 0.254 e. The van der Waals surface area contributed by atoms with E-state index in [2.05, 4.69) is 10.6 Å². The summed E-state index contributed by atoms with van der Waals surface area (Å²) in [6.45, 7) is 3.88. The van der Waals surface area contributed by atoms with Crippen LogP contribution >= 0.6 is 11.3 Å². The number of dihydropyridines is 1. The first-order valence-corrected chi connectivity index (χ1v) is 10.2. The number of anilines is 1. The Kier molecular flexibility index (Phi) is 4.89. The van der Waals surface area contributed by atoms with Crippen molar-refractivity contribution in [2.75, 3.05) is 5.32 Å². The fraction of sp³-hybridized carbons (Fsp3) is 0.273. The lowest BCUT2D eigenvalue weighted by atomic mass is 9.77. The molecule has 4 nitrogen and oxygen atoms in total. The van der Waals surface area contributed by atoms with Crippen molar-refractivity contribution >= 4 is 28.7 Å². The Morgan fingerprint density at radius 1 is 1.18 bits per heavy atom. The van der Waals surface area contributed by atoms with E-state index >= 15 is 0 Å². The molecule has 0 unspecified atom stereocenters. The molecule has 1 amide bonds. The average molecular weight is 396 g/mol. The molecule has 144 valence electrons. The Morgan fingerprint density at radius 3 is 2.61 bits per heavy atom. The molecule has 0 fully saturated rings. The number of Topliss-reactive ketones (excluding diaryl/α,β-unsaturated/α-hetero) is 1. The van der Waals surface area contributed by atoms with Crippen LogP contribution in [0.1, 0.15) is 42.5 Å². The van der Waals surface area contributed by atoms with E-state index in [9.17, 15) is 14.0 Å². The van der Waals surface area contributed by atoms with Crippen molar-refractivity contribution in [3.05, 3.63) is 74.5 Å². The molecule has 0 radical (unpaired) electrons. The Bertz CT molecular complexity index is 1020. The summed E-state index contributed by atoms with van der Waals surface area (Å²) < 4.78 is 13.2. The molecule has 1 aromatic heterocycles. The van der Waals surface area contributed by atoms with Gasteiger partial charge < -0.3 is 10.6 Å². The summed E-state index contributed by atoms with van der Waals surface area (Å²) in [5, 5.41) is 8.16.